The van der Waals surface area contributed by atoms with Crippen LogP contribution < -0.4 is 0 Å². The number of Topliss-reactive ketones (excluding diaryl/α,β-unsaturated/α-hetero) is 1. The standard InChI is InChI=1S/C24H25N3O3/c1-15-8-10-16(11-9-15)22(28)20-21(18-14-25-19-7-5-4-6-17(18)19)27(13-12-26(2)3)24(30)23(20)29/h4-11,14,21,25,28H,12-13H2,1-3H3/b22-20+. The Bertz CT molecular complexity index is 1140. The van der Waals surface area contributed by atoms with E-state index in [4.69, 9.17) is 0 Å². The summed E-state index contributed by atoms with van der Waals surface area (Å²) in [6.07, 6.45) is 1.83. The summed E-state index contributed by atoms with van der Waals surface area (Å²) in [6.45, 7) is 2.94. The van der Waals surface area contributed by atoms with Crippen molar-refractivity contribution in [2.24, 2.45) is 0 Å². The van der Waals surface area contributed by atoms with Crippen molar-refractivity contribution in [3.05, 3.63) is 77.0 Å². The van der Waals surface area contributed by atoms with Gasteiger partial charge in [0.15, 0.2) is 0 Å². The Labute approximate surface area is 175 Å². The van der Waals surface area contributed by atoms with Crippen molar-refractivity contribution in [3.63, 3.8) is 0 Å². The summed E-state index contributed by atoms with van der Waals surface area (Å²) in [5, 5.41) is 12.0. The van der Waals surface area contributed by atoms with E-state index in [2.05, 4.69) is 4.98 Å². The van der Waals surface area contributed by atoms with Gasteiger partial charge in [0, 0.05) is 41.3 Å². The molecule has 0 spiro atoms. The lowest BCUT2D eigenvalue weighted by Crippen LogP contribution is -2.35. The minimum Gasteiger partial charge on any atom is -0.507 e. The number of rotatable bonds is 5. The van der Waals surface area contributed by atoms with Gasteiger partial charge in [-0.1, -0.05) is 48.0 Å². The highest BCUT2D eigenvalue weighted by molar-refractivity contribution is 6.46. The summed E-state index contributed by atoms with van der Waals surface area (Å²) in [4.78, 5) is 32.8. The second kappa shape index (κ2) is 7.80. The van der Waals surface area contributed by atoms with E-state index < -0.39 is 17.7 Å². The van der Waals surface area contributed by atoms with Crippen LogP contribution in [0, 0.1) is 6.92 Å². The number of aromatic amines is 1. The van der Waals surface area contributed by atoms with Gasteiger partial charge in [0.1, 0.15) is 5.76 Å². The van der Waals surface area contributed by atoms with Crippen LogP contribution in [0.4, 0.5) is 0 Å². The molecule has 0 saturated carbocycles. The molecule has 1 fully saturated rings. The third kappa shape index (κ3) is 3.39. The maximum atomic E-state index is 13.1. The van der Waals surface area contributed by atoms with Gasteiger partial charge in [-0.15, -0.1) is 0 Å². The summed E-state index contributed by atoms with van der Waals surface area (Å²) < 4.78 is 0. The molecule has 0 bridgehead atoms. The number of aliphatic hydroxyl groups is 1. The largest absolute Gasteiger partial charge is 0.507 e. The van der Waals surface area contributed by atoms with Crippen LogP contribution >= 0.6 is 0 Å². The highest BCUT2D eigenvalue weighted by Crippen LogP contribution is 2.41. The van der Waals surface area contributed by atoms with Gasteiger partial charge in [0.25, 0.3) is 11.7 Å². The molecule has 1 saturated heterocycles. The lowest BCUT2D eigenvalue weighted by Gasteiger charge is -2.26. The van der Waals surface area contributed by atoms with Crippen LogP contribution in [0.3, 0.4) is 0 Å². The second-order valence-corrected chi connectivity index (χ2v) is 7.95. The number of aliphatic hydroxyl groups excluding tert-OH is 1. The van der Waals surface area contributed by atoms with Gasteiger partial charge in [-0.3, -0.25) is 9.59 Å². The fourth-order valence-corrected chi connectivity index (χ4v) is 3.93. The molecule has 2 N–H and O–H groups in total. The van der Waals surface area contributed by atoms with Crippen molar-refractivity contribution in [1.82, 2.24) is 14.8 Å². The normalized spacial score (nSPS) is 18.7. The molecule has 1 aliphatic heterocycles. The van der Waals surface area contributed by atoms with Gasteiger partial charge in [0.05, 0.1) is 11.6 Å². The van der Waals surface area contributed by atoms with Crippen LogP contribution in [-0.2, 0) is 9.59 Å². The lowest BCUT2D eigenvalue weighted by molar-refractivity contribution is -0.140. The van der Waals surface area contributed by atoms with Gasteiger partial charge < -0.3 is 19.9 Å². The molecular weight excluding hydrogens is 378 g/mol. The molecule has 2 heterocycles. The number of ketones is 1. The molecular formula is C24H25N3O3. The summed E-state index contributed by atoms with van der Waals surface area (Å²) in [5.41, 5.74) is 3.42. The minimum atomic E-state index is -0.651. The third-order valence-electron chi connectivity index (χ3n) is 5.57. The summed E-state index contributed by atoms with van der Waals surface area (Å²) >= 11 is 0. The number of para-hydroxylation sites is 1. The molecule has 1 amide bonds. The van der Waals surface area contributed by atoms with Crippen molar-refractivity contribution < 1.29 is 14.7 Å². The number of aromatic nitrogens is 1. The Morgan fingerprint density at radius 2 is 1.80 bits per heavy atom. The molecule has 154 valence electrons. The molecule has 0 radical (unpaired) electrons. The number of nitrogens with one attached hydrogen (secondary N) is 1. The Balaban J connectivity index is 1.90. The van der Waals surface area contributed by atoms with E-state index in [1.54, 1.807) is 17.0 Å². The van der Waals surface area contributed by atoms with E-state index in [0.717, 1.165) is 22.0 Å². The van der Waals surface area contributed by atoms with Crippen LogP contribution in [-0.4, -0.2) is 58.8 Å². The number of nitrogens with zero attached hydrogens (tertiary/aromatic N) is 2. The highest BCUT2D eigenvalue weighted by atomic mass is 16.3. The molecule has 0 aliphatic carbocycles. The molecule has 6 nitrogen and oxygen atoms in total. The second-order valence-electron chi connectivity index (χ2n) is 7.95. The maximum absolute atomic E-state index is 13.1. The number of carbonyl (C=O) groups is 2. The summed E-state index contributed by atoms with van der Waals surface area (Å²) in [6, 6.07) is 14.4. The molecule has 4 rings (SSSR count). The zero-order chi connectivity index (χ0) is 21.4. The number of hydrogen-bond acceptors (Lipinski definition) is 4. The SMILES string of the molecule is Cc1ccc(/C(O)=C2\C(=O)C(=O)N(CCN(C)C)C2c2c[nH]c3ccccc23)cc1. The van der Waals surface area contributed by atoms with Gasteiger partial charge in [-0.25, -0.2) is 0 Å². The predicted molar refractivity (Wildman–Crippen MR) is 117 cm³/mol. The maximum Gasteiger partial charge on any atom is 0.295 e. The van der Waals surface area contributed by atoms with Gasteiger partial charge in [-0.05, 0) is 27.1 Å². The number of amides is 1. The minimum absolute atomic E-state index is 0.132. The Morgan fingerprint density at radius 3 is 2.50 bits per heavy atom. The third-order valence-corrected chi connectivity index (χ3v) is 5.57. The van der Waals surface area contributed by atoms with E-state index in [-0.39, 0.29) is 11.3 Å². The highest BCUT2D eigenvalue weighted by Gasteiger charge is 2.46. The molecule has 6 heteroatoms. The first kappa shape index (κ1) is 19.9. The van der Waals surface area contributed by atoms with E-state index in [9.17, 15) is 14.7 Å². The molecule has 1 unspecified atom stereocenters. The molecule has 1 aliphatic rings. The fraction of sp³-hybridized carbons (Fsp3) is 0.250. The number of carbonyl (C=O) groups excluding carboxylic acids is 2. The predicted octanol–water partition coefficient (Wildman–Crippen LogP) is 3.46. The average Bonchev–Trinajstić information content (AvgIpc) is 3.25. The lowest BCUT2D eigenvalue weighted by atomic mass is 9.94. The number of aryl methyl sites for hydroxylation is 1. The molecule has 30 heavy (non-hydrogen) atoms. The molecule has 1 atom stereocenters. The van der Waals surface area contributed by atoms with Crippen molar-refractivity contribution in [3.8, 4) is 0 Å². The monoisotopic (exact) mass is 403 g/mol. The summed E-state index contributed by atoms with van der Waals surface area (Å²) in [7, 11) is 3.84. The van der Waals surface area contributed by atoms with Crippen molar-refractivity contribution in [2.75, 3.05) is 27.2 Å². The molecule has 2 aromatic carbocycles. The van der Waals surface area contributed by atoms with Crippen LogP contribution in [0.5, 0.6) is 0 Å². The first-order chi connectivity index (χ1) is 14.4. The number of fused-ring (bicyclic) bond motifs is 1. The molecule has 1 aromatic heterocycles. The van der Waals surface area contributed by atoms with E-state index in [1.807, 2.05) is 68.5 Å². The average molecular weight is 403 g/mol. The smallest absolute Gasteiger partial charge is 0.295 e. The Hall–Kier alpha value is -3.38. The number of likely N-dealkylation sites (tertiary alicyclic amines) is 1. The topological polar surface area (TPSA) is 76.6 Å². The van der Waals surface area contributed by atoms with E-state index in [1.165, 1.54) is 0 Å². The number of H-pyrrole nitrogens is 1. The van der Waals surface area contributed by atoms with Gasteiger partial charge in [-0.2, -0.15) is 0 Å². The van der Waals surface area contributed by atoms with Crippen molar-refractivity contribution in [1.29, 1.82) is 0 Å². The van der Waals surface area contributed by atoms with E-state index >= 15 is 0 Å². The first-order valence-corrected chi connectivity index (χ1v) is 9.94. The zero-order valence-electron chi connectivity index (χ0n) is 17.3. The zero-order valence-corrected chi connectivity index (χ0v) is 17.3. The van der Waals surface area contributed by atoms with Crippen LogP contribution in [0.1, 0.15) is 22.7 Å². The van der Waals surface area contributed by atoms with Crippen LogP contribution in [0.2, 0.25) is 0 Å². The fourth-order valence-electron chi connectivity index (χ4n) is 3.93. The number of hydrogen-bond donors (Lipinski definition) is 2. The number of likely N-dealkylation sites (N-methyl/N-ethyl adjacent to an activating group) is 1. The quantitative estimate of drug-likeness (QED) is 0.389. The van der Waals surface area contributed by atoms with Gasteiger partial charge >= 0.3 is 0 Å². The Morgan fingerprint density at radius 1 is 1.10 bits per heavy atom. The summed E-state index contributed by atoms with van der Waals surface area (Å²) in [5.74, 6) is -1.38. The van der Waals surface area contributed by atoms with Crippen LogP contribution in [0.25, 0.3) is 16.7 Å². The first-order valence-electron chi connectivity index (χ1n) is 9.94. The van der Waals surface area contributed by atoms with Gasteiger partial charge in [0.2, 0.25) is 0 Å². The van der Waals surface area contributed by atoms with Crippen LogP contribution in [0.15, 0.2) is 60.3 Å². The van der Waals surface area contributed by atoms with E-state index in [0.29, 0.717) is 18.7 Å². The Kier molecular flexibility index (Phi) is 5.18. The van der Waals surface area contributed by atoms with Crippen molar-refractivity contribution in [2.45, 2.75) is 13.0 Å². The number of benzene rings is 2. The molecule has 3 aromatic rings. The van der Waals surface area contributed by atoms with Crippen molar-refractivity contribution >= 4 is 28.4 Å².